The molecular formula is C19H17N5O5. The highest BCUT2D eigenvalue weighted by Crippen LogP contribution is 2.41. The van der Waals surface area contributed by atoms with Gasteiger partial charge in [-0.3, -0.25) is 0 Å². The van der Waals surface area contributed by atoms with Gasteiger partial charge >= 0.3 is 5.97 Å². The lowest BCUT2D eigenvalue weighted by atomic mass is 9.92. The number of esters is 1. The van der Waals surface area contributed by atoms with Crippen molar-refractivity contribution in [3.8, 4) is 6.07 Å². The molecule has 2 aromatic heterocycles. The van der Waals surface area contributed by atoms with Gasteiger partial charge in [0.05, 0.1) is 17.9 Å². The minimum absolute atomic E-state index is 0.174. The number of aliphatic hydroxyl groups is 2. The fourth-order valence-corrected chi connectivity index (χ4v) is 3.45. The van der Waals surface area contributed by atoms with E-state index in [4.69, 9.17) is 15.2 Å². The van der Waals surface area contributed by atoms with Crippen molar-refractivity contribution in [1.82, 2.24) is 14.6 Å². The van der Waals surface area contributed by atoms with Gasteiger partial charge in [0.15, 0.2) is 11.9 Å². The third-order valence-corrected chi connectivity index (χ3v) is 4.89. The van der Waals surface area contributed by atoms with Gasteiger partial charge in [0, 0.05) is 0 Å². The van der Waals surface area contributed by atoms with Crippen LogP contribution in [0.5, 0.6) is 0 Å². The number of benzene rings is 1. The van der Waals surface area contributed by atoms with Crippen molar-refractivity contribution in [2.24, 2.45) is 0 Å². The summed E-state index contributed by atoms with van der Waals surface area (Å²) >= 11 is 0. The summed E-state index contributed by atoms with van der Waals surface area (Å²) in [6, 6.07) is 13.2. The van der Waals surface area contributed by atoms with Gasteiger partial charge in [-0.05, 0) is 24.3 Å². The lowest BCUT2D eigenvalue weighted by Gasteiger charge is -2.24. The lowest BCUT2D eigenvalue weighted by molar-refractivity contribution is -0.0649. The van der Waals surface area contributed by atoms with Crippen LogP contribution >= 0.6 is 0 Å². The van der Waals surface area contributed by atoms with Gasteiger partial charge in [0.2, 0.25) is 5.60 Å². The van der Waals surface area contributed by atoms with Crippen LogP contribution in [-0.4, -0.2) is 55.7 Å². The molecule has 0 aliphatic carbocycles. The number of nitriles is 1. The first-order valence-corrected chi connectivity index (χ1v) is 8.74. The lowest BCUT2D eigenvalue weighted by Crippen LogP contribution is -2.43. The molecule has 0 spiro atoms. The molecule has 148 valence electrons. The molecule has 0 bridgehead atoms. The maximum Gasteiger partial charge on any atom is 0.338 e. The molecule has 1 aromatic carbocycles. The summed E-state index contributed by atoms with van der Waals surface area (Å²) in [5, 5.41) is 34.7. The number of fused-ring (bicyclic) bond motifs is 1. The topological polar surface area (TPSA) is 156 Å². The Morgan fingerprint density at radius 2 is 2.10 bits per heavy atom. The summed E-state index contributed by atoms with van der Waals surface area (Å²) in [6.45, 7) is -0.576. The largest absolute Gasteiger partial charge is 0.453 e. The molecule has 0 radical (unpaired) electrons. The zero-order valence-corrected chi connectivity index (χ0v) is 15.0. The van der Waals surface area contributed by atoms with Gasteiger partial charge in [-0.15, -0.1) is 0 Å². The predicted molar refractivity (Wildman–Crippen MR) is 98.3 cm³/mol. The summed E-state index contributed by atoms with van der Waals surface area (Å²) in [6.07, 6.45) is -2.79. The van der Waals surface area contributed by atoms with E-state index < -0.39 is 36.5 Å². The summed E-state index contributed by atoms with van der Waals surface area (Å²) in [4.78, 5) is 16.3. The fraction of sp³-hybridized carbons (Fsp3) is 0.263. The first kappa shape index (κ1) is 18.8. The third-order valence-electron chi connectivity index (χ3n) is 4.89. The predicted octanol–water partition coefficient (Wildman–Crippen LogP) is 0.00798. The van der Waals surface area contributed by atoms with Crippen molar-refractivity contribution in [3.63, 3.8) is 0 Å². The number of rotatable bonds is 4. The van der Waals surface area contributed by atoms with Crippen LogP contribution in [0.15, 0.2) is 48.8 Å². The van der Waals surface area contributed by atoms with Crippen molar-refractivity contribution >= 4 is 17.3 Å². The third kappa shape index (κ3) is 2.89. The Morgan fingerprint density at radius 1 is 1.34 bits per heavy atom. The number of carbonyl (C=O) groups excluding carboxylic acids is 1. The number of aromatic nitrogens is 3. The van der Waals surface area contributed by atoms with Crippen LogP contribution in [0.1, 0.15) is 16.1 Å². The smallest absolute Gasteiger partial charge is 0.338 e. The van der Waals surface area contributed by atoms with E-state index in [0.717, 1.165) is 0 Å². The Morgan fingerprint density at radius 3 is 2.79 bits per heavy atom. The Hall–Kier alpha value is -3.52. The molecule has 4 atom stereocenters. The van der Waals surface area contributed by atoms with Crippen LogP contribution in [0.25, 0.3) is 5.52 Å². The molecule has 10 nitrogen and oxygen atoms in total. The number of carbonyl (C=O) groups is 1. The van der Waals surface area contributed by atoms with Crippen molar-refractivity contribution in [3.05, 3.63) is 60.0 Å². The molecule has 4 rings (SSSR count). The Labute approximate surface area is 164 Å². The second kappa shape index (κ2) is 7.14. The molecule has 4 N–H and O–H groups in total. The standard InChI is InChI=1S/C19H17N5O5/c20-9-19(14-7-6-12-17(21)22-10-23-24(12)14)16(26)15(13(8-25)29-19)28-18(27)11-4-2-1-3-5-11/h1-7,10,13,15-16,25-26H,8H2,(H2,21,22,23). The highest BCUT2D eigenvalue weighted by atomic mass is 16.6. The van der Waals surface area contributed by atoms with Crippen molar-refractivity contribution in [2.75, 3.05) is 12.3 Å². The van der Waals surface area contributed by atoms with Crippen LogP contribution < -0.4 is 5.73 Å². The molecule has 3 aromatic rings. The normalized spacial score (nSPS) is 26.3. The van der Waals surface area contributed by atoms with E-state index in [1.54, 1.807) is 36.4 Å². The first-order chi connectivity index (χ1) is 14.0. The molecule has 29 heavy (non-hydrogen) atoms. The van der Waals surface area contributed by atoms with E-state index in [1.807, 2.05) is 6.07 Å². The fourth-order valence-electron chi connectivity index (χ4n) is 3.45. The van der Waals surface area contributed by atoms with Crippen molar-refractivity contribution < 1.29 is 24.5 Å². The molecule has 3 heterocycles. The summed E-state index contributed by atoms with van der Waals surface area (Å²) < 4.78 is 12.5. The van der Waals surface area contributed by atoms with Gasteiger partial charge in [-0.25, -0.2) is 14.3 Å². The van der Waals surface area contributed by atoms with Crippen molar-refractivity contribution in [1.29, 1.82) is 5.26 Å². The molecule has 10 heteroatoms. The Balaban J connectivity index is 1.73. The second-order valence-corrected chi connectivity index (χ2v) is 6.53. The van der Waals surface area contributed by atoms with Gasteiger partial charge < -0.3 is 25.4 Å². The summed E-state index contributed by atoms with van der Waals surface area (Å²) in [5.41, 5.74) is 4.74. The zero-order chi connectivity index (χ0) is 20.6. The van der Waals surface area contributed by atoms with E-state index in [2.05, 4.69) is 10.1 Å². The first-order valence-electron chi connectivity index (χ1n) is 8.74. The summed E-state index contributed by atoms with van der Waals surface area (Å²) in [5.74, 6) is -0.533. The Kier molecular flexibility index (Phi) is 4.63. The number of nitrogen functional groups attached to an aromatic ring is 1. The molecular weight excluding hydrogens is 378 g/mol. The number of hydrogen-bond donors (Lipinski definition) is 3. The van der Waals surface area contributed by atoms with E-state index in [9.17, 15) is 20.3 Å². The number of hydrogen-bond acceptors (Lipinski definition) is 9. The number of nitrogens with zero attached hydrogens (tertiary/aromatic N) is 4. The number of aliphatic hydroxyl groups excluding tert-OH is 2. The second-order valence-electron chi connectivity index (χ2n) is 6.53. The van der Waals surface area contributed by atoms with Crippen molar-refractivity contribution in [2.45, 2.75) is 23.9 Å². The highest BCUT2D eigenvalue weighted by Gasteiger charge is 2.59. The Bertz CT molecular complexity index is 1100. The quantitative estimate of drug-likeness (QED) is 0.518. The molecule has 0 amide bonds. The molecule has 1 fully saturated rings. The highest BCUT2D eigenvalue weighted by molar-refractivity contribution is 5.89. The minimum atomic E-state index is -1.94. The van der Waals surface area contributed by atoms with E-state index >= 15 is 0 Å². The zero-order valence-electron chi connectivity index (χ0n) is 15.0. The van der Waals surface area contributed by atoms with E-state index in [1.165, 1.54) is 16.9 Å². The van der Waals surface area contributed by atoms with Gasteiger partial charge in [0.1, 0.15) is 30.1 Å². The van der Waals surface area contributed by atoms with Crippen LogP contribution in [0.2, 0.25) is 0 Å². The van der Waals surface area contributed by atoms with Crippen LogP contribution in [0, 0.1) is 11.3 Å². The average Bonchev–Trinajstić information content (AvgIpc) is 3.30. The molecule has 1 aliphatic rings. The maximum absolute atomic E-state index is 12.5. The number of ether oxygens (including phenoxy) is 2. The van der Waals surface area contributed by atoms with Crippen LogP contribution in [0.3, 0.4) is 0 Å². The average molecular weight is 395 g/mol. The van der Waals surface area contributed by atoms with Gasteiger partial charge in [0.25, 0.3) is 0 Å². The monoisotopic (exact) mass is 395 g/mol. The molecule has 0 saturated carbocycles. The van der Waals surface area contributed by atoms with Crippen LogP contribution in [-0.2, 0) is 15.1 Å². The maximum atomic E-state index is 12.5. The van der Waals surface area contributed by atoms with Gasteiger partial charge in [-0.2, -0.15) is 10.4 Å². The van der Waals surface area contributed by atoms with E-state index in [0.29, 0.717) is 5.52 Å². The molecule has 4 unspecified atom stereocenters. The molecule has 1 saturated heterocycles. The number of anilines is 1. The molecule has 1 aliphatic heterocycles. The minimum Gasteiger partial charge on any atom is -0.453 e. The van der Waals surface area contributed by atoms with E-state index in [-0.39, 0.29) is 17.1 Å². The van der Waals surface area contributed by atoms with Crippen LogP contribution in [0.4, 0.5) is 5.82 Å². The summed E-state index contributed by atoms with van der Waals surface area (Å²) in [7, 11) is 0. The SMILES string of the molecule is N#CC1(c2ccc3c(N)ncnn23)OC(CO)C(OC(=O)c2ccccc2)C1O. The number of nitrogens with two attached hydrogens (primary N) is 1. The van der Waals surface area contributed by atoms with Gasteiger partial charge in [-0.1, -0.05) is 18.2 Å².